The van der Waals surface area contributed by atoms with Crippen molar-refractivity contribution in [2.24, 2.45) is 0 Å². The number of benzene rings is 2. The third-order valence-electron chi connectivity index (χ3n) is 5.45. The molecular weight excluding hydrogens is 549 g/mol. The number of nitrogens with zero attached hydrogens (tertiary/aromatic N) is 2. The van der Waals surface area contributed by atoms with E-state index in [0.717, 1.165) is 6.26 Å². The van der Waals surface area contributed by atoms with Crippen molar-refractivity contribution in [3.63, 3.8) is 0 Å². The van der Waals surface area contributed by atoms with E-state index >= 15 is 0 Å². The van der Waals surface area contributed by atoms with Gasteiger partial charge in [0.15, 0.2) is 0 Å². The van der Waals surface area contributed by atoms with Crippen LogP contribution in [0.25, 0.3) is 0 Å². The lowest BCUT2D eigenvalue weighted by molar-refractivity contribution is -0.140. The van der Waals surface area contributed by atoms with Crippen LogP contribution in [-0.4, -0.2) is 57.6 Å². The summed E-state index contributed by atoms with van der Waals surface area (Å²) in [7, 11) is -2.19. The van der Waals surface area contributed by atoms with E-state index in [1.54, 1.807) is 44.2 Å². The number of anilines is 1. The van der Waals surface area contributed by atoms with Crippen LogP contribution in [0.1, 0.15) is 32.3 Å². The summed E-state index contributed by atoms with van der Waals surface area (Å²) in [6, 6.07) is 8.82. The maximum absolute atomic E-state index is 13.3. The van der Waals surface area contributed by atoms with Crippen molar-refractivity contribution >= 4 is 62.3 Å². The quantitative estimate of drug-likeness (QED) is 0.392. The third-order valence-corrected chi connectivity index (χ3v) is 7.53. The molecule has 2 amide bonds. The molecule has 2 rings (SSSR count). The van der Waals surface area contributed by atoms with Gasteiger partial charge in [0.25, 0.3) is 0 Å². The molecule has 36 heavy (non-hydrogen) atoms. The Hall–Kier alpha value is -2.20. The van der Waals surface area contributed by atoms with E-state index in [2.05, 4.69) is 5.32 Å². The van der Waals surface area contributed by atoms with Crippen LogP contribution in [0.15, 0.2) is 36.4 Å². The molecule has 0 fully saturated rings. The molecule has 1 atom stereocenters. The Balaban J connectivity index is 2.21. The molecule has 2 aromatic rings. The van der Waals surface area contributed by atoms with E-state index in [4.69, 9.17) is 39.5 Å². The molecule has 0 heterocycles. The maximum atomic E-state index is 13.3. The van der Waals surface area contributed by atoms with E-state index in [1.807, 2.05) is 0 Å². The number of carbonyl (C=O) groups excluding carboxylic acids is 2. The monoisotopic (exact) mass is 577 g/mol. The topological polar surface area (TPSA) is 96.0 Å². The van der Waals surface area contributed by atoms with Crippen LogP contribution in [0, 0.1) is 0 Å². The molecule has 0 saturated heterocycles. The Morgan fingerprint density at radius 2 is 1.78 bits per heavy atom. The van der Waals surface area contributed by atoms with Gasteiger partial charge in [-0.1, -0.05) is 40.9 Å². The third kappa shape index (κ3) is 8.16. The molecule has 1 N–H and O–H groups in total. The molecule has 0 bridgehead atoms. The van der Waals surface area contributed by atoms with E-state index < -0.39 is 16.1 Å². The Morgan fingerprint density at radius 1 is 1.08 bits per heavy atom. The fraction of sp³-hybridized carbons (Fsp3) is 0.417. The lowest BCUT2D eigenvalue weighted by atomic mass is 10.1. The average Bonchev–Trinajstić information content (AvgIpc) is 2.80. The minimum Gasteiger partial charge on any atom is -0.495 e. The molecule has 0 unspecified atom stereocenters. The number of sulfonamides is 1. The van der Waals surface area contributed by atoms with Crippen LogP contribution in [-0.2, 0) is 26.2 Å². The molecule has 198 valence electrons. The minimum atomic E-state index is -3.65. The van der Waals surface area contributed by atoms with Gasteiger partial charge in [-0.15, -0.1) is 0 Å². The molecule has 0 aliphatic rings. The fourth-order valence-corrected chi connectivity index (χ4v) is 5.23. The Labute approximate surface area is 227 Å². The second kappa shape index (κ2) is 13.4. The molecule has 0 aliphatic heterocycles. The van der Waals surface area contributed by atoms with Gasteiger partial charge in [-0.05, 0) is 56.2 Å². The number of halogens is 3. The number of methoxy groups -OCH3 is 1. The standard InChI is InChI=1S/C24H30Cl3N3O5S/c1-5-28-24(32)16(2)29(15-17-8-9-18(25)13-20(17)26)23(31)7-6-12-30(36(4,33)34)19-10-11-22(35-3)21(27)14-19/h8-11,13-14,16H,5-7,12,15H2,1-4H3,(H,28,32)/t16-/m1/s1. The lowest BCUT2D eigenvalue weighted by Crippen LogP contribution is -2.47. The summed E-state index contributed by atoms with van der Waals surface area (Å²) in [5, 5.41) is 3.82. The second-order valence-corrected chi connectivity index (χ2v) is 11.2. The second-order valence-electron chi connectivity index (χ2n) is 8.09. The van der Waals surface area contributed by atoms with Gasteiger partial charge in [-0.25, -0.2) is 8.42 Å². The fourth-order valence-electron chi connectivity index (χ4n) is 3.55. The van der Waals surface area contributed by atoms with Crippen LogP contribution >= 0.6 is 34.8 Å². The van der Waals surface area contributed by atoms with Gasteiger partial charge in [-0.3, -0.25) is 13.9 Å². The van der Waals surface area contributed by atoms with Crippen molar-refractivity contribution in [2.45, 2.75) is 39.3 Å². The van der Waals surface area contributed by atoms with Crippen LogP contribution in [0.4, 0.5) is 5.69 Å². The van der Waals surface area contributed by atoms with Crippen molar-refractivity contribution in [1.29, 1.82) is 0 Å². The molecule has 0 aromatic heterocycles. The highest BCUT2D eigenvalue weighted by Gasteiger charge is 2.27. The highest BCUT2D eigenvalue weighted by atomic mass is 35.5. The van der Waals surface area contributed by atoms with Gasteiger partial charge >= 0.3 is 0 Å². The van der Waals surface area contributed by atoms with Crippen molar-refractivity contribution < 1.29 is 22.7 Å². The van der Waals surface area contributed by atoms with E-state index in [0.29, 0.717) is 33.6 Å². The molecule has 0 aliphatic carbocycles. The van der Waals surface area contributed by atoms with Crippen molar-refractivity contribution in [1.82, 2.24) is 10.2 Å². The summed E-state index contributed by atoms with van der Waals surface area (Å²) in [5.41, 5.74) is 0.993. The lowest BCUT2D eigenvalue weighted by Gasteiger charge is -2.29. The first-order valence-electron chi connectivity index (χ1n) is 11.2. The number of ether oxygens (including phenoxy) is 1. The summed E-state index contributed by atoms with van der Waals surface area (Å²) in [4.78, 5) is 27.2. The Morgan fingerprint density at radius 3 is 2.33 bits per heavy atom. The molecule has 2 aromatic carbocycles. The van der Waals surface area contributed by atoms with Gasteiger partial charge in [0.05, 0.1) is 24.1 Å². The van der Waals surface area contributed by atoms with Gasteiger partial charge in [0.1, 0.15) is 11.8 Å². The zero-order valence-electron chi connectivity index (χ0n) is 20.6. The molecule has 0 spiro atoms. The van der Waals surface area contributed by atoms with Crippen molar-refractivity contribution in [3.8, 4) is 5.75 Å². The zero-order chi connectivity index (χ0) is 27.0. The average molecular weight is 579 g/mol. The summed E-state index contributed by atoms with van der Waals surface area (Å²) in [6.07, 6.45) is 1.30. The number of nitrogens with one attached hydrogen (secondary N) is 1. The molecule has 0 saturated carbocycles. The largest absolute Gasteiger partial charge is 0.495 e. The van der Waals surface area contributed by atoms with E-state index in [9.17, 15) is 18.0 Å². The maximum Gasteiger partial charge on any atom is 0.242 e. The smallest absolute Gasteiger partial charge is 0.242 e. The highest BCUT2D eigenvalue weighted by Crippen LogP contribution is 2.30. The van der Waals surface area contributed by atoms with Crippen LogP contribution < -0.4 is 14.4 Å². The summed E-state index contributed by atoms with van der Waals surface area (Å²) in [6.45, 7) is 3.98. The summed E-state index contributed by atoms with van der Waals surface area (Å²) >= 11 is 18.5. The van der Waals surface area contributed by atoms with Crippen molar-refractivity contribution in [3.05, 3.63) is 57.0 Å². The van der Waals surface area contributed by atoms with Crippen molar-refractivity contribution in [2.75, 3.05) is 30.8 Å². The molecule has 8 nitrogen and oxygen atoms in total. The van der Waals surface area contributed by atoms with Crippen LogP contribution in [0.2, 0.25) is 15.1 Å². The first kappa shape index (κ1) is 30.0. The van der Waals surface area contributed by atoms with Gasteiger partial charge in [0.2, 0.25) is 21.8 Å². The predicted octanol–water partition coefficient (Wildman–Crippen LogP) is 4.76. The molecular formula is C24H30Cl3N3O5S. The number of likely N-dealkylation sites (N-methyl/N-ethyl adjacent to an activating group) is 1. The SMILES string of the molecule is CCNC(=O)[C@@H](C)N(Cc1ccc(Cl)cc1Cl)C(=O)CCCN(c1ccc(OC)c(Cl)c1)S(C)(=O)=O. The normalized spacial score (nSPS) is 12.1. The number of hydrogen-bond donors (Lipinski definition) is 1. The minimum absolute atomic E-state index is 0.00482. The van der Waals surface area contributed by atoms with Crippen LogP contribution in [0.3, 0.4) is 0 Å². The first-order valence-corrected chi connectivity index (χ1v) is 14.2. The Bertz CT molecular complexity index is 1190. The number of hydrogen-bond acceptors (Lipinski definition) is 5. The number of carbonyl (C=O) groups is 2. The summed E-state index contributed by atoms with van der Waals surface area (Å²) in [5.74, 6) is -0.206. The van der Waals surface area contributed by atoms with E-state index in [-0.39, 0.29) is 42.8 Å². The Kier molecular flexibility index (Phi) is 11.2. The van der Waals surface area contributed by atoms with Crippen LogP contribution in [0.5, 0.6) is 5.75 Å². The first-order chi connectivity index (χ1) is 16.9. The highest BCUT2D eigenvalue weighted by molar-refractivity contribution is 7.92. The zero-order valence-corrected chi connectivity index (χ0v) is 23.6. The molecule has 0 radical (unpaired) electrons. The molecule has 12 heteroatoms. The number of rotatable bonds is 12. The predicted molar refractivity (Wildman–Crippen MR) is 145 cm³/mol. The van der Waals surface area contributed by atoms with Gasteiger partial charge < -0.3 is 15.0 Å². The summed E-state index contributed by atoms with van der Waals surface area (Å²) < 4.78 is 31.2. The number of amides is 2. The van der Waals surface area contributed by atoms with Gasteiger partial charge in [-0.2, -0.15) is 0 Å². The van der Waals surface area contributed by atoms with Gasteiger partial charge in [0, 0.05) is 36.1 Å². The van der Waals surface area contributed by atoms with E-state index in [1.165, 1.54) is 22.4 Å².